The lowest BCUT2D eigenvalue weighted by Crippen LogP contribution is -2.48. The maximum absolute atomic E-state index is 14.3. The van der Waals surface area contributed by atoms with Gasteiger partial charge in [0.05, 0.1) is 48.8 Å². The molecule has 15 heteroatoms. The van der Waals surface area contributed by atoms with E-state index >= 15 is 0 Å². The van der Waals surface area contributed by atoms with Crippen LogP contribution in [-0.2, 0) is 19.6 Å². The highest BCUT2D eigenvalue weighted by Crippen LogP contribution is 2.30. The van der Waals surface area contributed by atoms with E-state index in [4.69, 9.17) is 14.2 Å². The van der Waals surface area contributed by atoms with Crippen molar-refractivity contribution >= 4 is 27.5 Å². The number of alkyl halides is 3. The van der Waals surface area contributed by atoms with Crippen LogP contribution in [0.5, 0.6) is 11.5 Å². The molecule has 0 unspecified atom stereocenters. The van der Waals surface area contributed by atoms with Gasteiger partial charge in [0.25, 0.3) is 15.9 Å². The van der Waals surface area contributed by atoms with Crippen LogP contribution in [0.25, 0.3) is 0 Å². The highest BCUT2D eigenvalue weighted by molar-refractivity contribution is 7.92. The second-order valence-electron chi connectivity index (χ2n) is 12.2. The van der Waals surface area contributed by atoms with Gasteiger partial charge in [-0.15, -0.1) is 0 Å². The van der Waals surface area contributed by atoms with E-state index in [9.17, 15) is 36.3 Å². The first-order chi connectivity index (χ1) is 22.5. The molecule has 0 saturated carbocycles. The van der Waals surface area contributed by atoms with E-state index in [0.29, 0.717) is 31.6 Å². The predicted molar refractivity (Wildman–Crippen MR) is 174 cm³/mol. The van der Waals surface area contributed by atoms with E-state index in [0.717, 1.165) is 0 Å². The van der Waals surface area contributed by atoms with Crippen molar-refractivity contribution in [2.24, 2.45) is 5.92 Å². The fraction of sp³-hybridized carbons (Fsp3) is 0.576. The quantitative estimate of drug-likeness (QED) is 0.350. The third-order valence-corrected chi connectivity index (χ3v) is 9.57. The van der Waals surface area contributed by atoms with Crippen LogP contribution in [0, 0.1) is 5.92 Å². The zero-order chi connectivity index (χ0) is 35.6. The van der Waals surface area contributed by atoms with Gasteiger partial charge in [0.1, 0.15) is 11.5 Å². The number of methoxy groups -OCH3 is 1. The minimum absolute atomic E-state index is 0.000776. The number of halogens is 3. The Hall–Kier alpha value is -3.56. The van der Waals surface area contributed by atoms with E-state index < -0.39 is 65.5 Å². The van der Waals surface area contributed by atoms with Gasteiger partial charge in [-0.25, -0.2) is 8.42 Å². The van der Waals surface area contributed by atoms with Gasteiger partial charge in [-0.2, -0.15) is 13.2 Å². The van der Waals surface area contributed by atoms with Crippen molar-refractivity contribution in [2.45, 2.75) is 82.2 Å². The maximum atomic E-state index is 14.3. The number of fused-ring (bicyclic) bond motifs is 1. The number of nitrogens with one attached hydrogen (secondary N) is 1. The summed E-state index contributed by atoms with van der Waals surface area (Å²) in [6.45, 7) is 5.28. The molecule has 1 aliphatic heterocycles. The molecule has 268 valence electrons. The number of anilines is 1. The van der Waals surface area contributed by atoms with Crippen LogP contribution in [0.1, 0.15) is 63.2 Å². The third kappa shape index (κ3) is 11.3. The first kappa shape index (κ1) is 38.9. The summed E-state index contributed by atoms with van der Waals surface area (Å²) in [4.78, 5) is 29.4. The topological polar surface area (TPSA) is 135 Å². The smallest absolute Gasteiger partial charge is 0.389 e. The number of hydrogen-bond acceptors (Lipinski definition) is 8. The van der Waals surface area contributed by atoms with Crippen LogP contribution in [0.15, 0.2) is 47.4 Å². The number of benzene rings is 2. The molecule has 4 atom stereocenters. The zero-order valence-electron chi connectivity index (χ0n) is 28.0. The number of rotatable bonds is 10. The summed E-state index contributed by atoms with van der Waals surface area (Å²) in [5.41, 5.74) is 0.179. The molecule has 2 aromatic rings. The Kier molecular flexibility index (Phi) is 13.9. The minimum Gasteiger partial charge on any atom is -0.497 e. The minimum atomic E-state index is -4.46. The first-order valence-electron chi connectivity index (χ1n) is 15.9. The fourth-order valence-corrected chi connectivity index (χ4v) is 6.28. The van der Waals surface area contributed by atoms with Crippen molar-refractivity contribution in [2.75, 3.05) is 45.2 Å². The summed E-state index contributed by atoms with van der Waals surface area (Å²) in [6, 6.07) is 9.54. The number of carbonyl (C=O) groups is 2. The van der Waals surface area contributed by atoms with E-state index in [2.05, 4.69) is 4.72 Å². The van der Waals surface area contributed by atoms with E-state index in [-0.39, 0.29) is 41.1 Å². The van der Waals surface area contributed by atoms with Gasteiger partial charge in [0.2, 0.25) is 5.91 Å². The Balaban J connectivity index is 1.95. The fourth-order valence-electron chi connectivity index (χ4n) is 5.23. The lowest BCUT2D eigenvalue weighted by atomic mass is 10.0. The molecule has 0 fully saturated rings. The Bertz CT molecular complexity index is 1470. The van der Waals surface area contributed by atoms with Crippen LogP contribution in [0.3, 0.4) is 0 Å². The Morgan fingerprint density at radius 2 is 1.85 bits per heavy atom. The summed E-state index contributed by atoms with van der Waals surface area (Å²) < 4.78 is 84.6. The van der Waals surface area contributed by atoms with Gasteiger partial charge in [0.15, 0.2) is 0 Å². The van der Waals surface area contributed by atoms with Crippen molar-refractivity contribution in [1.82, 2.24) is 9.80 Å². The van der Waals surface area contributed by atoms with Crippen LogP contribution in [0.2, 0.25) is 0 Å². The molecule has 0 aliphatic carbocycles. The van der Waals surface area contributed by atoms with Crippen molar-refractivity contribution in [3.8, 4) is 11.5 Å². The highest BCUT2D eigenvalue weighted by Gasteiger charge is 2.32. The monoisotopic (exact) mass is 701 g/mol. The summed E-state index contributed by atoms with van der Waals surface area (Å²) >= 11 is 0. The molecule has 0 spiro atoms. The van der Waals surface area contributed by atoms with E-state index in [1.54, 1.807) is 13.8 Å². The molecular weight excluding hydrogens is 655 g/mol. The van der Waals surface area contributed by atoms with Gasteiger partial charge in [0, 0.05) is 44.8 Å². The number of ether oxygens (including phenoxy) is 3. The van der Waals surface area contributed by atoms with E-state index in [1.165, 1.54) is 66.4 Å². The van der Waals surface area contributed by atoms with Crippen LogP contribution in [-0.4, -0.2) is 100 Å². The average Bonchev–Trinajstić information content (AvgIpc) is 3.04. The van der Waals surface area contributed by atoms with Crippen molar-refractivity contribution in [3.05, 3.63) is 48.0 Å². The molecular formula is C33H46F3N3O8S. The molecule has 2 N–H and O–H groups in total. The normalized spacial score (nSPS) is 20.6. The van der Waals surface area contributed by atoms with Crippen molar-refractivity contribution in [3.63, 3.8) is 0 Å². The summed E-state index contributed by atoms with van der Waals surface area (Å²) in [6.07, 6.45) is -5.37. The molecule has 2 amide bonds. The molecule has 3 rings (SSSR count). The van der Waals surface area contributed by atoms with Crippen LogP contribution >= 0.6 is 0 Å². The van der Waals surface area contributed by atoms with Gasteiger partial charge in [-0.1, -0.05) is 6.92 Å². The third-order valence-electron chi connectivity index (χ3n) is 8.18. The molecule has 1 heterocycles. The summed E-state index contributed by atoms with van der Waals surface area (Å²) in [7, 11) is -1.16. The highest BCUT2D eigenvalue weighted by atomic mass is 32.2. The Morgan fingerprint density at radius 1 is 1.17 bits per heavy atom. The van der Waals surface area contributed by atoms with Gasteiger partial charge in [-0.3, -0.25) is 14.3 Å². The van der Waals surface area contributed by atoms with Crippen LogP contribution in [0.4, 0.5) is 18.9 Å². The SMILES string of the molecule is COc1ccc(S(=O)(=O)Nc2ccc3c(c2)C(=O)N([C@@H](C)CO)C[C@H](C)[C@@H](CN(C)C(=O)CCC(F)(F)F)OCCCC[C@H](C)O3)cc1. The number of aliphatic hydroxyl groups excluding tert-OH is 1. The Morgan fingerprint density at radius 3 is 2.48 bits per heavy atom. The van der Waals surface area contributed by atoms with Crippen molar-refractivity contribution < 1.29 is 50.5 Å². The molecule has 0 aromatic heterocycles. The molecule has 0 saturated heterocycles. The van der Waals surface area contributed by atoms with Crippen LogP contribution < -0.4 is 14.2 Å². The van der Waals surface area contributed by atoms with Crippen molar-refractivity contribution in [1.29, 1.82) is 0 Å². The number of aliphatic hydroxyl groups is 1. The zero-order valence-corrected chi connectivity index (χ0v) is 28.8. The number of carbonyl (C=O) groups excluding carboxylic acids is 2. The second-order valence-corrected chi connectivity index (χ2v) is 13.9. The molecule has 1 aliphatic rings. The lowest BCUT2D eigenvalue weighted by Gasteiger charge is -2.36. The molecule has 11 nitrogen and oxygen atoms in total. The average molecular weight is 702 g/mol. The van der Waals surface area contributed by atoms with E-state index in [1.807, 2.05) is 6.92 Å². The number of hydrogen-bond donors (Lipinski definition) is 2. The Labute approximate surface area is 280 Å². The number of amides is 2. The molecule has 0 radical (unpaired) electrons. The lowest BCUT2D eigenvalue weighted by molar-refractivity contribution is -0.149. The molecule has 0 bridgehead atoms. The number of sulfonamides is 1. The summed E-state index contributed by atoms with van der Waals surface area (Å²) in [5.74, 6) is -0.923. The number of likely N-dealkylation sites (N-methyl/N-ethyl adjacent to an activating group) is 1. The predicted octanol–water partition coefficient (Wildman–Crippen LogP) is 5.09. The molecule has 2 aromatic carbocycles. The van der Waals surface area contributed by atoms with Gasteiger partial charge in [-0.05, 0) is 75.6 Å². The number of nitrogens with zero attached hydrogens (tertiary/aromatic N) is 2. The first-order valence-corrected chi connectivity index (χ1v) is 17.3. The second kappa shape index (κ2) is 17.2. The van der Waals surface area contributed by atoms with Gasteiger partial charge < -0.3 is 29.1 Å². The van der Waals surface area contributed by atoms with Gasteiger partial charge >= 0.3 is 6.18 Å². The standard InChI is InChI=1S/C33H46F3N3O8S/c1-22-19-39(23(2)21-40)32(42)28-18-25(37-48(43,44)27-12-10-26(45-5)11-13-27)9-14-29(28)47-24(3)8-6-7-17-46-30(22)20-38(4)31(41)15-16-33(34,35)36/h9-14,18,22-24,30,37,40H,6-8,15-17,19-21H2,1-5H3/t22-,23-,24-,30+/m0/s1. The maximum Gasteiger partial charge on any atom is 0.389 e. The largest absolute Gasteiger partial charge is 0.497 e. The summed E-state index contributed by atoms with van der Waals surface area (Å²) in [5, 5.41) is 10.1. The molecule has 48 heavy (non-hydrogen) atoms.